The third kappa shape index (κ3) is 3.19. The first-order valence-electron chi connectivity index (χ1n) is 7.80. The van der Waals surface area contributed by atoms with Crippen LogP contribution in [0.4, 0.5) is 8.78 Å². The Balaban J connectivity index is 2.10. The average molecular weight is 371 g/mol. The molecule has 1 unspecified atom stereocenters. The van der Waals surface area contributed by atoms with Crippen LogP contribution in [-0.4, -0.2) is 42.3 Å². The highest BCUT2D eigenvalue weighted by atomic mass is 32.2. The summed E-state index contributed by atoms with van der Waals surface area (Å²) in [6, 6.07) is 8.45. The number of nitrogens with zero attached hydrogens (tertiary/aromatic N) is 3. The van der Waals surface area contributed by atoms with E-state index in [1.807, 2.05) is 6.07 Å². The Morgan fingerprint density at radius 1 is 1.28 bits per heavy atom. The topological polar surface area (TPSA) is 64.4 Å². The van der Waals surface area contributed by atoms with Crippen LogP contribution in [0, 0.1) is 6.92 Å². The van der Waals surface area contributed by atoms with E-state index in [1.54, 1.807) is 24.3 Å². The molecule has 0 spiro atoms. The van der Waals surface area contributed by atoms with Gasteiger partial charge in [-0.05, 0) is 12.5 Å². The molecule has 6 nitrogen and oxygen atoms in total. The molecule has 1 atom stereocenters. The van der Waals surface area contributed by atoms with Crippen molar-refractivity contribution in [3.05, 3.63) is 47.2 Å². The molecule has 1 aliphatic heterocycles. The van der Waals surface area contributed by atoms with Gasteiger partial charge >= 0.3 is 0 Å². The molecule has 0 aliphatic carbocycles. The number of ether oxygens (including phenoxy) is 1. The van der Waals surface area contributed by atoms with Crippen LogP contribution in [0.1, 0.15) is 29.3 Å². The molecule has 0 amide bonds. The predicted molar refractivity (Wildman–Crippen MR) is 86.8 cm³/mol. The molecule has 0 N–H and O–H groups in total. The van der Waals surface area contributed by atoms with Crippen molar-refractivity contribution in [3.63, 3.8) is 0 Å². The van der Waals surface area contributed by atoms with E-state index in [-0.39, 0.29) is 25.5 Å². The SMILES string of the molecule is Cc1nn(C)c(S(=O)(=O)N2CCOCC2c2ccccc2)c1C(F)F. The van der Waals surface area contributed by atoms with E-state index in [0.717, 1.165) is 10.2 Å². The van der Waals surface area contributed by atoms with Crippen molar-refractivity contribution >= 4 is 10.0 Å². The van der Waals surface area contributed by atoms with Crippen LogP contribution in [-0.2, 0) is 21.8 Å². The van der Waals surface area contributed by atoms with Gasteiger partial charge < -0.3 is 4.74 Å². The van der Waals surface area contributed by atoms with Crippen molar-refractivity contribution in [1.29, 1.82) is 0 Å². The maximum absolute atomic E-state index is 13.5. The van der Waals surface area contributed by atoms with Gasteiger partial charge in [0.25, 0.3) is 16.4 Å². The van der Waals surface area contributed by atoms with E-state index >= 15 is 0 Å². The molecule has 0 bridgehead atoms. The molecular weight excluding hydrogens is 352 g/mol. The molecule has 3 rings (SSSR count). The highest BCUT2D eigenvalue weighted by Gasteiger charge is 2.40. The number of aryl methyl sites for hydroxylation is 2. The minimum absolute atomic E-state index is 0.0144. The van der Waals surface area contributed by atoms with Gasteiger partial charge in [-0.1, -0.05) is 30.3 Å². The van der Waals surface area contributed by atoms with Crippen molar-refractivity contribution < 1.29 is 21.9 Å². The highest BCUT2D eigenvalue weighted by Crippen LogP contribution is 2.35. The number of morpholine rings is 1. The zero-order chi connectivity index (χ0) is 18.2. The summed E-state index contributed by atoms with van der Waals surface area (Å²) in [5.74, 6) is 0. The number of sulfonamides is 1. The molecule has 1 fully saturated rings. The lowest BCUT2D eigenvalue weighted by Crippen LogP contribution is -2.44. The smallest absolute Gasteiger partial charge is 0.268 e. The van der Waals surface area contributed by atoms with Crippen molar-refractivity contribution in [2.24, 2.45) is 7.05 Å². The standard InChI is InChI=1S/C16H19F2N3O3S/c1-11-14(15(17)18)16(20(2)19-11)25(22,23)21-8-9-24-10-13(21)12-6-4-3-5-7-12/h3-7,13,15H,8-10H2,1-2H3. The minimum Gasteiger partial charge on any atom is -0.378 e. The zero-order valence-corrected chi connectivity index (χ0v) is 14.7. The summed E-state index contributed by atoms with van der Waals surface area (Å²) in [6.07, 6.45) is -2.92. The summed E-state index contributed by atoms with van der Waals surface area (Å²) in [5, 5.41) is 3.44. The quantitative estimate of drug-likeness (QED) is 0.828. The second-order valence-electron chi connectivity index (χ2n) is 5.85. The Morgan fingerprint density at radius 3 is 2.60 bits per heavy atom. The molecule has 1 aliphatic rings. The molecule has 25 heavy (non-hydrogen) atoms. The van der Waals surface area contributed by atoms with Gasteiger partial charge in [-0.3, -0.25) is 4.68 Å². The average Bonchev–Trinajstić information content (AvgIpc) is 2.90. The number of alkyl halides is 2. The fraction of sp³-hybridized carbons (Fsp3) is 0.438. The highest BCUT2D eigenvalue weighted by molar-refractivity contribution is 7.89. The maximum Gasteiger partial charge on any atom is 0.268 e. The number of hydrogen-bond acceptors (Lipinski definition) is 4. The summed E-state index contributed by atoms with van der Waals surface area (Å²) >= 11 is 0. The lowest BCUT2D eigenvalue weighted by molar-refractivity contribution is 0.0317. The number of hydrogen-bond donors (Lipinski definition) is 0. The maximum atomic E-state index is 13.5. The molecule has 2 aromatic rings. The third-order valence-corrected chi connectivity index (χ3v) is 6.28. The van der Waals surface area contributed by atoms with E-state index in [2.05, 4.69) is 5.10 Å². The Morgan fingerprint density at radius 2 is 1.96 bits per heavy atom. The fourth-order valence-corrected chi connectivity index (χ4v) is 5.08. The second-order valence-corrected chi connectivity index (χ2v) is 7.65. The number of rotatable bonds is 4. The van der Waals surface area contributed by atoms with Gasteiger partial charge in [-0.2, -0.15) is 9.40 Å². The molecule has 136 valence electrons. The van der Waals surface area contributed by atoms with Crippen LogP contribution in [0.15, 0.2) is 35.4 Å². The molecule has 0 radical (unpaired) electrons. The van der Waals surface area contributed by atoms with Crippen LogP contribution in [0.2, 0.25) is 0 Å². The summed E-state index contributed by atoms with van der Waals surface area (Å²) in [6.45, 7) is 1.86. The molecule has 0 saturated carbocycles. The molecule has 1 saturated heterocycles. The molecule has 2 heterocycles. The lowest BCUT2D eigenvalue weighted by atomic mass is 10.1. The minimum atomic E-state index is -4.17. The van der Waals surface area contributed by atoms with Crippen LogP contribution in [0.5, 0.6) is 0 Å². The van der Waals surface area contributed by atoms with E-state index < -0.39 is 33.1 Å². The van der Waals surface area contributed by atoms with E-state index in [9.17, 15) is 17.2 Å². The first-order valence-corrected chi connectivity index (χ1v) is 9.24. The number of aromatic nitrogens is 2. The summed E-state index contributed by atoms with van der Waals surface area (Å²) in [5.41, 5.74) is 0.227. The van der Waals surface area contributed by atoms with Crippen LogP contribution in [0.3, 0.4) is 0 Å². The predicted octanol–water partition coefficient (Wildman–Crippen LogP) is 2.43. The van der Waals surface area contributed by atoms with E-state index in [1.165, 1.54) is 18.3 Å². The van der Waals surface area contributed by atoms with Crippen LogP contribution < -0.4 is 0 Å². The van der Waals surface area contributed by atoms with E-state index in [0.29, 0.717) is 0 Å². The molecule has 1 aromatic heterocycles. The number of benzene rings is 1. The van der Waals surface area contributed by atoms with E-state index in [4.69, 9.17) is 4.74 Å². The Labute approximate surface area is 145 Å². The van der Waals surface area contributed by atoms with Crippen molar-refractivity contribution in [3.8, 4) is 0 Å². The third-order valence-electron chi connectivity index (χ3n) is 4.25. The lowest BCUT2D eigenvalue weighted by Gasteiger charge is -2.34. The Hall–Kier alpha value is -1.84. The second kappa shape index (κ2) is 6.81. The molecule has 9 heteroatoms. The monoisotopic (exact) mass is 371 g/mol. The normalized spacial score (nSPS) is 19.5. The molecule has 1 aromatic carbocycles. The van der Waals surface area contributed by atoms with Crippen molar-refractivity contribution in [2.45, 2.75) is 24.4 Å². The van der Waals surface area contributed by atoms with Gasteiger partial charge in [0.2, 0.25) is 0 Å². The first kappa shape index (κ1) is 18.0. The van der Waals surface area contributed by atoms with Crippen molar-refractivity contribution in [2.75, 3.05) is 19.8 Å². The summed E-state index contributed by atoms with van der Waals surface area (Å²) in [4.78, 5) is 0. The zero-order valence-electron chi connectivity index (χ0n) is 13.9. The van der Waals surface area contributed by atoms with Gasteiger partial charge in [0.05, 0.1) is 30.5 Å². The van der Waals surface area contributed by atoms with Gasteiger partial charge in [0, 0.05) is 13.6 Å². The van der Waals surface area contributed by atoms with Gasteiger partial charge in [-0.25, -0.2) is 17.2 Å². The van der Waals surface area contributed by atoms with Gasteiger partial charge in [0.1, 0.15) is 0 Å². The van der Waals surface area contributed by atoms with Crippen LogP contribution >= 0.6 is 0 Å². The summed E-state index contributed by atoms with van der Waals surface area (Å²) < 4.78 is 61.0. The first-order chi connectivity index (χ1) is 11.8. The Bertz CT molecular complexity index is 853. The fourth-order valence-electron chi connectivity index (χ4n) is 3.14. The number of halogens is 2. The Kier molecular flexibility index (Phi) is 4.90. The van der Waals surface area contributed by atoms with Gasteiger partial charge in [0.15, 0.2) is 5.03 Å². The van der Waals surface area contributed by atoms with Crippen LogP contribution in [0.25, 0.3) is 0 Å². The summed E-state index contributed by atoms with van der Waals surface area (Å²) in [7, 11) is -2.81. The van der Waals surface area contributed by atoms with Crippen molar-refractivity contribution in [1.82, 2.24) is 14.1 Å². The largest absolute Gasteiger partial charge is 0.378 e. The molecular formula is C16H19F2N3O3S. The van der Waals surface area contributed by atoms with Gasteiger partial charge in [-0.15, -0.1) is 0 Å².